The molecule has 128 valence electrons. The first kappa shape index (κ1) is 18.0. The third-order valence-corrected chi connectivity index (χ3v) is 4.15. The monoisotopic (exact) mass is 327 g/mol. The molecule has 0 radical (unpaired) electrons. The van der Waals surface area contributed by atoms with Gasteiger partial charge in [-0.1, -0.05) is 32.0 Å². The lowest BCUT2D eigenvalue weighted by Crippen LogP contribution is -2.24. The Morgan fingerprint density at radius 2 is 2.29 bits per heavy atom. The highest BCUT2D eigenvalue weighted by Gasteiger charge is 2.16. The molecule has 1 atom stereocenters. The SMILES string of the molecule is Cc1cccc(C(C)C)c1NC(=O)/C(C#N)=C\NCC1CCCO1. The lowest BCUT2D eigenvalue weighted by molar-refractivity contribution is -0.112. The second-order valence-corrected chi connectivity index (χ2v) is 6.36. The predicted molar refractivity (Wildman–Crippen MR) is 94.6 cm³/mol. The lowest BCUT2D eigenvalue weighted by atomic mass is 9.98. The van der Waals surface area contributed by atoms with Crippen LogP contribution in [0.5, 0.6) is 0 Å². The van der Waals surface area contributed by atoms with Crippen LogP contribution in [-0.2, 0) is 9.53 Å². The molecule has 1 aliphatic rings. The maximum atomic E-state index is 12.4. The summed E-state index contributed by atoms with van der Waals surface area (Å²) in [5, 5.41) is 15.2. The molecule has 1 unspecified atom stereocenters. The summed E-state index contributed by atoms with van der Waals surface area (Å²) in [5.41, 5.74) is 2.90. The summed E-state index contributed by atoms with van der Waals surface area (Å²) in [4.78, 5) is 12.4. The van der Waals surface area contributed by atoms with Gasteiger partial charge in [0.2, 0.25) is 0 Å². The van der Waals surface area contributed by atoms with E-state index in [0.717, 1.165) is 36.3 Å². The van der Waals surface area contributed by atoms with Crippen LogP contribution >= 0.6 is 0 Å². The molecule has 2 N–H and O–H groups in total. The van der Waals surface area contributed by atoms with Crippen molar-refractivity contribution in [1.29, 1.82) is 5.26 Å². The zero-order valence-corrected chi connectivity index (χ0v) is 14.6. The summed E-state index contributed by atoms with van der Waals surface area (Å²) in [6, 6.07) is 7.89. The van der Waals surface area contributed by atoms with Crippen LogP contribution in [0.4, 0.5) is 5.69 Å². The molecule has 1 saturated heterocycles. The maximum absolute atomic E-state index is 12.4. The zero-order valence-electron chi connectivity index (χ0n) is 14.6. The third kappa shape index (κ3) is 4.59. The van der Waals surface area contributed by atoms with Gasteiger partial charge in [0.25, 0.3) is 5.91 Å². The van der Waals surface area contributed by atoms with E-state index in [1.165, 1.54) is 6.20 Å². The molecular weight excluding hydrogens is 302 g/mol. The number of nitrogens with one attached hydrogen (secondary N) is 2. The van der Waals surface area contributed by atoms with Crippen molar-refractivity contribution in [1.82, 2.24) is 5.32 Å². The summed E-state index contributed by atoms with van der Waals surface area (Å²) in [7, 11) is 0. The van der Waals surface area contributed by atoms with E-state index in [4.69, 9.17) is 4.74 Å². The number of rotatable bonds is 6. The van der Waals surface area contributed by atoms with Gasteiger partial charge in [0.05, 0.1) is 6.10 Å². The Morgan fingerprint density at radius 1 is 1.50 bits per heavy atom. The summed E-state index contributed by atoms with van der Waals surface area (Å²) >= 11 is 0. The molecule has 1 heterocycles. The van der Waals surface area contributed by atoms with Gasteiger partial charge >= 0.3 is 0 Å². The minimum Gasteiger partial charge on any atom is -0.387 e. The van der Waals surface area contributed by atoms with Gasteiger partial charge < -0.3 is 15.4 Å². The van der Waals surface area contributed by atoms with E-state index >= 15 is 0 Å². The predicted octanol–water partition coefficient (Wildman–Crippen LogP) is 3.23. The Labute approximate surface area is 143 Å². The Hall–Kier alpha value is -2.32. The van der Waals surface area contributed by atoms with Gasteiger partial charge in [-0.15, -0.1) is 0 Å². The van der Waals surface area contributed by atoms with Crippen LogP contribution in [0.2, 0.25) is 0 Å². The zero-order chi connectivity index (χ0) is 17.5. The second-order valence-electron chi connectivity index (χ2n) is 6.36. The van der Waals surface area contributed by atoms with Crippen molar-refractivity contribution >= 4 is 11.6 Å². The fourth-order valence-electron chi connectivity index (χ4n) is 2.77. The molecule has 1 amide bonds. The number of ether oxygens (including phenoxy) is 1. The van der Waals surface area contributed by atoms with Crippen LogP contribution in [0.15, 0.2) is 30.0 Å². The van der Waals surface area contributed by atoms with Gasteiger partial charge in [-0.25, -0.2) is 0 Å². The van der Waals surface area contributed by atoms with E-state index in [1.807, 2.05) is 31.2 Å². The lowest BCUT2D eigenvalue weighted by Gasteiger charge is -2.16. The number of nitrogens with zero attached hydrogens (tertiary/aromatic N) is 1. The molecular formula is C19H25N3O2. The number of para-hydroxylation sites is 1. The Kier molecular flexibility index (Phi) is 6.39. The number of anilines is 1. The van der Waals surface area contributed by atoms with Crippen LogP contribution in [0.1, 0.15) is 43.7 Å². The number of amides is 1. The first-order valence-corrected chi connectivity index (χ1v) is 8.39. The van der Waals surface area contributed by atoms with Crippen molar-refractivity contribution in [3.8, 4) is 6.07 Å². The number of hydrogen-bond acceptors (Lipinski definition) is 4. The molecule has 0 saturated carbocycles. The van der Waals surface area contributed by atoms with Gasteiger partial charge in [0.1, 0.15) is 11.6 Å². The second kappa shape index (κ2) is 8.51. The molecule has 1 aromatic rings. The van der Waals surface area contributed by atoms with Gasteiger partial charge in [-0.05, 0) is 36.8 Å². The minimum atomic E-state index is -0.395. The van der Waals surface area contributed by atoms with Crippen molar-refractivity contribution in [2.45, 2.75) is 45.6 Å². The van der Waals surface area contributed by atoms with Gasteiger partial charge in [0.15, 0.2) is 0 Å². The number of aryl methyl sites for hydroxylation is 1. The fraction of sp³-hybridized carbons (Fsp3) is 0.474. The first-order chi connectivity index (χ1) is 11.5. The van der Waals surface area contributed by atoms with Crippen LogP contribution in [0.3, 0.4) is 0 Å². The number of nitriles is 1. The molecule has 0 spiro atoms. The Balaban J connectivity index is 2.05. The van der Waals surface area contributed by atoms with Crippen LogP contribution in [0.25, 0.3) is 0 Å². The fourth-order valence-corrected chi connectivity index (χ4v) is 2.77. The van der Waals surface area contributed by atoms with Crippen molar-refractivity contribution in [3.05, 3.63) is 41.1 Å². The number of carbonyl (C=O) groups excluding carboxylic acids is 1. The molecule has 24 heavy (non-hydrogen) atoms. The Morgan fingerprint density at radius 3 is 2.92 bits per heavy atom. The largest absolute Gasteiger partial charge is 0.387 e. The Bertz CT molecular complexity index is 653. The topological polar surface area (TPSA) is 74.2 Å². The number of carbonyl (C=O) groups is 1. The summed E-state index contributed by atoms with van der Waals surface area (Å²) in [5.74, 6) is -0.110. The van der Waals surface area contributed by atoms with Crippen molar-refractivity contribution < 1.29 is 9.53 Å². The highest BCUT2D eigenvalue weighted by molar-refractivity contribution is 6.07. The molecule has 2 rings (SSSR count). The van der Waals surface area contributed by atoms with E-state index in [-0.39, 0.29) is 17.6 Å². The normalized spacial score (nSPS) is 17.6. The number of hydrogen-bond donors (Lipinski definition) is 2. The van der Waals surface area contributed by atoms with Crippen molar-refractivity contribution in [2.75, 3.05) is 18.5 Å². The van der Waals surface area contributed by atoms with E-state index in [9.17, 15) is 10.1 Å². The van der Waals surface area contributed by atoms with Crippen LogP contribution in [-0.4, -0.2) is 25.2 Å². The molecule has 0 aromatic heterocycles. The molecule has 0 aliphatic carbocycles. The van der Waals surface area contributed by atoms with E-state index in [0.29, 0.717) is 6.54 Å². The average molecular weight is 327 g/mol. The van der Waals surface area contributed by atoms with Crippen LogP contribution in [0, 0.1) is 18.3 Å². The van der Waals surface area contributed by atoms with Gasteiger partial charge in [0, 0.05) is 25.0 Å². The molecule has 1 aromatic carbocycles. The third-order valence-electron chi connectivity index (χ3n) is 4.15. The average Bonchev–Trinajstić information content (AvgIpc) is 3.06. The van der Waals surface area contributed by atoms with Crippen molar-refractivity contribution in [3.63, 3.8) is 0 Å². The molecule has 0 bridgehead atoms. The van der Waals surface area contributed by atoms with E-state index in [2.05, 4.69) is 24.5 Å². The maximum Gasteiger partial charge on any atom is 0.267 e. The van der Waals surface area contributed by atoms with Gasteiger partial charge in [-0.2, -0.15) is 5.26 Å². The summed E-state index contributed by atoms with van der Waals surface area (Å²) in [6.07, 6.45) is 3.71. The molecule has 5 heteroatoms. The summed E-state index contributed by atoms with van der Waals surface area (Å²) < 4.78 is 5.51. The van der Waals surface area contributed by atoms with Crippen molar-refractivity contribution in [2.24, 2.45) is 0 Å². The van der Waals surface area contributed by atoms with Gasteiger partial charge in [-0.3, -0.25) is 4.79 Å². The highest BCUT2D eigenvalue weighted by atomic mass is 16.5. The molecule has 5 nitrogen and oxygen atoms in total. The molecule has 1 fully saturated rings. The molecule has 1 aliphatic heterocycles. The standard InChI is InChI=1S/C19H25N3O2/c1-13(2)17-8-4-6-14(3)18(17)22-19(23)15(10-20)11-21-12-16-7-5-9-24-16/h4,6,8,11,13,16,21H,5,7,9,12H2,1-3H3,(H,22,23)/b15-11-. The van der Waals surface area contributed by atoms with E-state index in [1.54, 1.807) is 0 Å². The quantitative estimate of drug-likeness (QED) is 0.621. The van der Waals surface area contributed by atoms with Crippen LogP contribution < -0.4 is 10.6 Å². The smallest absolute Gasteiger partial charge is 0.267 e. The van der Waals surface area contributed by atoms with E-state index < -0.39 is 5.91 Å². The first-order valence-electron chi connectivity index (χ1n) is 8.39. The number of benzene rings is 1. The highest BCUT2D eigenvalue weighted by Crippen LogP contribution is 2.27. The summed E-state index contributed by atoms with van der Waals surface area (Å²) in [6.45, 7) is 7.50. The minimum absolute atomic E-state index is 0.0611.